The lowest BCUT2D eigenvalue weighted by atomic mass is 9.95. The number of imide groups is 1. The number of azo groups is 1. The van der Waals surface area contributed by atoms with Crippen molar-refractivity contribution < 1.29 is 19.2 Å². The molecule has 0 spiro atoms. The highest BCUT2D eigenvalue weighted by Gasteiger charge is 2.40. The molecule has 0 saturated heterocycles. The number of hydrogen-bond acceptors (Lipinski definition) is 7. The Morgan fingerprint density at radius 3 is 1.62 bits per heavy atom. The number of nitrogens with zero attached hydrogens (tertiary/aromatic N) is 4. The average Bonchev–Trinajstić information content (AvgIpc) is 3.63. The van der Waals surface area contributed by atoms with Crippen molar-refractivity contribution in [3.05, 3.63) is 131 Å². The Labute approximate surface area is 306 Å². The zero-order valence-electron chi connectivity index (χ0n) is 30.8. The molecular formula is C42H48N6O4. The summed E-state index contributed by atoms with van der Waals surface area (Å²) in [5, 5.41) is 13.0. The highest BCUT2D eigenvalue weighted by atomic mass is 16.2. The zero-order chi connectivity index (χ0) is 37.6. The summed E-state index contributed by atoms with van der Waals surface area (Å²) in [7, 11) is 3.04. The minimum absolute atomic E-state index is 0.0876. The van der Waals surface area contributed by atoms with Crippen LogP contribution >= 0.6 is 0 Å². The van der Waals surface area contributed by atoms with Crippen LogP contribution in [0, 0.1) is 0 Å². The van der Waals surface area contributed by atoms with Crippen LogP contribution in [0.4, 0.5) is 22.7 Å². The molecule has 4 aromatic carbocycles. The predicted molar refractivity (Wildman–Crippen MR) is 207 cm³/mol. The van der Waals surface area contributed by atoms with Gasteiger partial charge >= 0.3 is 0 Å². The molecule has 2 N–H and O–H groups in total. The van der Waals surface area contributed by atoms with E-state index in [0.29, 0.717) is 0 Å². The Kier molecular flexibility index (Phi) is 14.1. The third kappa shape index (κ3) is 9.45. The van der Waals surface area contributed by atoms with Crippen LogP contribution in [0.1, 0.15) is 67.9 Å². The Morgan fingerprint density at radius 1 is 0.654 bits per heavy atom. The number of benzene rings is 4. The van der Waals surface area contributed by atoms with E-state index in [1.165, 1.54) is 30.3 Å². The van der Waals surface area contributed by atoms with E-state index in [-0.39, 0.29) is 30.0 Å². The Bertz CT molecular complexity index is 1880. The van der Waals surface area contributed by atoms with Gasteiger partial charge in [0.05, 0.1) is 28.7 Å². The number of amides is 4. The molecule has 2 aliphatic rings. The molecule has 4 aromatic rings. The number of nitrogens with one attached hydrogen (secondary N) is 2. The van der Waals surface area contributed by atoms with Crippen molar-refractivity contribution >= 4 is 46.4 Å². The van der Waals surface area contributed by atoms with E-state index in [0.717, 1.165) is 70.0 Å². The Morgan fingerprint density at radius 2 is 1.13 bits per heavy atom. The van der Waals surface area contributed by atoms with Crippen molar-refractivity contribution in [1.29, 1.82) is 0 Å². The summed E-state index contributed by atoms with van der Waals surface area (Å²) in [6.45, 7) is 8.43. The highest BCUT2D eigenvalue weighted by molar-refractivity contribution is 6.12. The molecule has 6 rings (SSSR count). The van der Waals surface area contributed by atoms with Gasteiger partial charge in [-0.25, -0.2) is 5.01 Å². The molecule has 2 heterocycles. The van der Waals surface area contributed by atoms with E-state index in [4.69, 9.17) is 0 Å². The molecule has 0 aliphatic carbocycles. The molecule has 0 aromatic heterocycles. The molecule has 0 radical (unpaired) electrons. The van der Waals surface area contributed by atoms with Gasteiger partial charge in [0.15, 0.2) is 0 Å². The highest BCUT2D eigenvalue weighted by Crippen LogP contribution is 2.42. The number of aryl methyl sites for hydroxylation is 4. The van der Waals surface area contributed by atoms with E-state index in [9.17, 15) is 19.2 Å². The van der Waals surface area contributed by atoms with E-state index in [1.54, 1.807) is 12.1 Å². The Hall–Kier alpha value is -5.90. The number of carbonyl (C=O) groups is 4. The van der Waals surface area contributed by atoms with Gasteiger partial charge in [-0.15, -0.1) is 0 Å². The van der Waals surface area contributed by atoms with Crippen molar-refractivity contribution in [2.45, 2.75) is 65.7 Å². The SMILES string of the molecule is CCc1ccccc1N=Nc1ccccc1CC.CCc1ccccc1NN1C(=O)C(CC(=O)NC)c2cccc(CC)c21.CN1C(=O)C=CC1=O. The molecule has 0 bridgehead atoms. The standard InChI is InChI=1S/C21H25N3O2.C16H18N2.C5H5NO2/c1-4-14-9-6-7-12-18(14)23-24-20-15(5-2)10-8-11-16(20)17(21(24)26)13-19(25)22-3;1-3-13-9-5-7-11-15(13)17-18-16-12-8-6-10-14(16)4-2;1-6-4(7)2-3-5(6)8/h6-12,17,23H,4-5,13H2,1-3H3,(H,22,25);5-12H,3-4H2,1-2H3;2-3H,1H3. The predicted octanol–water partition coefficient (Wildman–Crippen LogP) is 8.17. The molecule has 270 valence electrons. The van der Waals surface area contributed by atoms with E-state index in [2.05, 4.69) is 66.9 Å². The van der Waals surface area contributed by atoms with Gasteiger partial charge in [0, 0.05) is 32.7 Å². The van der Waals surface area contributed by atoms with Crippen LogP contribution in [0.25, 0.3) is 0 Å². The van der Waals surface area contributed by atoms with Gasteiger partial charge < -0.3 is 5.32 Å². The fraction of sp³-hybridized carbons (Fsp3) is 0.286. The molecular weight excluding hydrogens is 653 g/mol. The Balaban J connectivity index is 0.000000200. The molecule has 0 saturated carbocycles. The van der Waals surface area contributed by atoms with Crippen molar-refractivity contribution in [1.82, 2.24) is 10.2 Å². The smallest absolute Gasteiger partial charge is 0.253 e. The summed E-state index contributed by atoms with van der Waals surface area (Å²) in [6.07, 6.45) is 6.30. The maximum absolute atomic E-state index is 13.2. The van der Waals surface area contributed by atoms with Crippen LogP contribution in [0.15, 0.2) is 113 Å². The second-order valence-corrected chi connectivity index (χ2v) is 12.2. The molecule has 52 heavy (non-hydrogen) atoms. The third-order valence-corrected chi connectivity index (χ3v) is 8.99. The van der Waals surface area contributed by atoms with Gasteiger partial charge in [0.25, 0.3) is 17.7 Å². The summed E-state index contributed by atoms with van der Waals surface area (Å²) < 4.78 is 0. The lowest BCUT2D eigenvalue weighted by Crippen LogP contribution is -2.36. The minimum Gasteiger partial charge on any atom is -0.359 e. The summed E-state index contributed by atoms with van der Waals surface area (Å²) in [6, 6.07) is 30.2. The first-order chi connectivity index (χ1) is 25.2. The van der Waals surface area contributed by atoms with Crippen molar-refractivity contribution in [2.24, 2.45) is 10.2 Å². The molecule has 1 atom stereocenters. The van der Waals surface area contributed by atoms with Crippen molar-refractivity contribution in [3.8, 4) is 0 Å². The van der Waals surface area contributed by atoms with Gasteiger partial charge in [0.2, 0.25) is 5.91 Å². The van der Waals surface area contributed by atoms with Crippen LogP contribution in [0.2, 0.25) is 0 Å². The lowest BCUT2D eigenvalue weighted by molar-refractivity contribution is -0.135. The zero-order valence-corrected chi connectivity index (χ0v) is 30.8. The van der Waals surface area contributed by atoms with Gasteiger partial charge in [0.1, 0.15) is 0 Å². The molecule has 10 heteroatoms. The summed E-state index contributed by atoms with van der Waals surface area (Å²) in [4.78, 5) is 47.0. The summed E-state index contributed by atoms with van der Waals surface area (Å²) in [5.41, 5.74) is 12.7. The summed E-state index contributed by atoms with van der Waals surface area (Å²) in [5.74, 6) is -1.16. The normalized spacial score (nSPS) is 14.5. The lowest BCUT2D eigenvalue weighted by Gasteiger charge is -2.23. The topological polar surface area (TPSA) is 124 Å². The second kappa shape index (κ2) is 18.9. The van der Waals surface area contributed by atoms with Crippen molar-refractivity contribution in [2.75, 3.05) is 24.5 Å². The third-order valence-electron chi connectivity index (χ3n) is 8.99. The quantitative estimate of drug-likeness (QED) is 0.128. The monoisotopic (exact) mass is 700 g/mol. The van der Waals surface area contributed by atoms with Crippen molar-refractivity contribution in [3.63, 3.8) is 0 Å². The first-order valence-electron chi connectivity index (χ1n) is 17.7. The average molecular weight is 701 g/mol. The first-order valence-corrected chi connectivity index (χ1v) is 17.7. The van der Waals surface area contributed by atoms with Gasteiger partial charge in [-0.3, -0.25) is 29.5 Å². The number of hydrogen-bond donors (Lipinski definition) is 2. The first kappa shape index (κ1) is 38.9. The number of rotatable bonds is 10. The van der Waals surface area contributed by atoms with Gasteiger partial charge in [-0.05, 0) is 71.7 Å². The molecule has 4 amide bonds. The minimum atomic E-state index is -0.460. The fourth-order valence-electron chi connectivity index (χ4n) is 5.90. The molecule has 10 nitrogen and oxygen atoms in total. The number of likely N-dealkylation sites (N-methyl/N-ethyl adjacent to an activating group) is 1. The second-order valence-electron chi connectivity index (χ2n) is 12.2. The van der Waals surface area contributed by atoms with Crippen LogP contribution < -0.4 is 15.8 Å². The summed E-state index contributed by atoms with van der Waals surface area (Å²) >= 11 is 0. The van der Waals surface area contributed by atoms with E-state index in [1.807, 2.05) is 72.8 Å². The fourth-order valence-corrected chi connectivity index (χ4v) is 5.90. The number of carbonyl (C=O) groups excluding carboxylic acids is 4. The molecule has 1 unspecified atom stereocenters. The number of para-hydroxylation sites is 2. The molecule has 0 fully saturated rings. The number of fused-ring (bicyclic) bond motifs is 1. The van der Waals surface area contributed by atoms with Crippen LogP contribution in [-0.4, -0.2) is 42.6 Å². The number of hydrazine groups is 1. The van der Waals surface area contributed by atoms with E-state index >= 15 is 0 Å². The van der Waals surface area contributed by atoms with Gasteiger partial charge in [-0.2, -0.15) is 10.2 Å². The van der Waals surface area contributed by atoms with E-state index < -0.39 is 5.92 Å². The van der Waals surface area contributed by atoms with Crippen LogP contribution in [0.3, 0.4) is 0 Å². The largest absolute Gasteiger partial charge is 0.359 e. The number of anilines is 2. The molecule has 2 aliphatic heterocycles. The maximum Gasteiger partial charge on any atom is 0.253 e. The maximum atomic E-state index is 13.2. The van der Waals surface area contributed by atoms with Crippen LogP contribution in [0.5, 0.6) is 0 Å². The van der Waals surface area contributed by atoms with Gasteiger partial charge in [-0.1, -0.05) is 100 Å². The van der Waals surface area contributed by atoms with Crippen LogP contribution in [-0.2, 0) is 44.9 Å².